The van der Waals surface area contributed by atoms with Gasteiger partial charge in [0.05, 0.1) is 13.5 Å². The van der Waals surface area contributed by atoms with Crippen molar-refractivity contribution in [2.24, 2.45) is 0 Å². The lowest BCUT2D eigenvalue weighted by molar-refractivity contribution is -0.136. The summed E-state index contributed by atoms with van der Waals surface area (Å²) in [4.78, 5) is 25.7. The minimum Gasteiger partial charge on any atom is -0.496 e. The van der Waals surface area contributed by atoms with Gasteiger partial charge >= 0.3 is 12.0 Å². The summed E-state index contributed by atoms with van der Waals surface area (Å²) in [5.41, 5.74) is 4.31. The lowest BCUT2D eigenvalue weighted by Crippen LogP contribution is -2.42. The highest BCUT2D eigenvalue weighted by atomic mass is 19.1. The molecule has 2 N–H and O–H groups in total. The average Bonchev–Trinajstić information content (AvgIpc) is 2.83. The van der Waals surface area contributed by atoms with Crippen molar-refractivity contribution in [2.75, 3.05) is 13.7 Å². The van der Waals surface area contributed by atoms with Crippen LogP contribution in [0.2, 0.25) is 0 Å². The van der Waals surface area contributed by atoms with E-state index in [0.717, 1.165) is 11.1 Å². The molecule has 6 nitrogen and oxygen atoms in total. The maximum absolute atomic E-state index is 14.7. The van der Waals surface area contributed by atoms with Gasteiger partial charge in [-0.2, -0.15) is 0 Å². The Balaban J connectivity index is 1.64. The van der Waals surface area contributed by atoms with E-state index in [9.17, 15) is 19.1 Å². The number of carboxylic acids is 1. The van der Waals surface area contributed by atoms with Gasteiger partial charge in [0, 0.05) is 25.2 Å². The number of carbonyl (C=O) groups excluding carboxylic acids is 1. The number of ether oxygens (including phenoxy) is 1. The van der Waals surface area contributed by atoms with Gasteiger partial charge in [-0.1, -0.05) is 42.5 Å². The van der Waals surface area contributed by atoms with Gasteiger partial charge in [-0.05, 0) is 52.4 Å². The van der Waals surface area contributed by atoms with E-state index in [1.54, 1.807) is 29.2 Å². The first-order chi connectivity index (χ1) is 16.0. The Hall–Kier alpha value is -3.87. The van der Waals surface area contributed by atoms with E-state index < -0.39 is 5.97 Å². The molecule has 0 fully saturated rings. The zero-order valence-corrected chi connectivity index (χ0v) is 18.3. The number of hydrogen-bond acceptors (Lipinski definition) is 3. The van der Waals surface area contributed by atoms with Crippen LogP contribution in [0.5, 0.6) is 5.75 Å². The molecule has 0 aromatic heterocycles. The van der Waals surface area contributed by atoms with Crippen LogP contribution >= 0.6 is 0 Å². The van der Waals surface area contributed by atoms with Gasteiger partial charge in [0.25, 0.3) is 0 Å². The van der Waals surface area contributed by atoms with Gasteiger partial charge in [-0.15, -0.1) is 0 Å². The molecule has 3 aromatic rings. The predicted molar refractivity (Wildman–Crippen MR) is 123 cm³/mol. The van der Waals surface area contributed by atoms with E-state index >= 15 is 0 Å². The molecule has 0 aliphatic carbocycles. The Morgan fingerprint density at radius 1 is 1.03 bits per heavy atom. The molecular formula is C26H25FN2O4. The second-order valence-corrected chi connectivity index (χ2v) is 7.97. The number of rotatable bonds is 6. The molecule has 0 bridgehead atoms. The topological polar surface area (TPSA) is 78.9 Å². The van der Waals surface area contributed by atoms with E-state index in [-0.39, 0.29) is 24.8 Å². The molecule has 170 valence electrons. The average molecular weight is 448 g/mol. The second-order valence-electron chi connectivity index (χ2n) is 7.97. The number of carboxylic acid groups (broad SMARTS) is 1. The summed E-state index contributed by atoms with van der Waals surface area (Å²) < 4.78 is 20.2. The minimum atomic E-state index is -0.937. The van der Waals surface area contributed by atoms with Gasteiger partial charge in [-0.25, -0.2) is 9.18 Å². The standard InChI is InChI=1S/C26H25FN2O4/c1-33-24-10-7-18(14-25(30)31)13-21(24)19-8-9-23(27)20-11-12-29(16-22(19)20)26(32)28-15-17-5-3-2-4-6-17/h2-10,13H,11-12,14-16H2,1H3,(H,28,32)(H,30,31). The third-order valence-electron chi connectivity index (χ3n) is 5.84. The smallest absolute Gasteiger partial charge is 0.317 e. The largest absolute Gasteiger partial charge is 0.496 e. The number of aliphatic carboxylic acids is 1. The second kappa shape index (κ2) is 9.73. The van der Waals surface area contributed by atoms with E-state index in [1.807, 2.05) is 30.3 Å². The van der Waals surface area contributed by atoms with Crippen LogP contribution in [0.1, 0.15) is 22.3 Å². The first-order valence-corrected chi connectivity index (χ1v) is 10.7. The van der Waals surface area contributed by atoms with E-state index in [2.05, 4.69) is 5.32 Å². The third-order valence-corrected chi connectivity index (χ3v) is 5.84. The molecule has 33 heavy (non-hydrogen) atoms. The van der Waals surface area contributed by atoms with Crippen LogP contribution in [0, 0.1) is 5.82 Å². The summed E-state index contributed by atoms with van der Waals surface area (Å²) >= 11 is 0. The Bertz CT molecular complexity index is 1180. The fourth-order valence-corrected chi connectivity index (χ4v) is 4.19. The number of benzene rings is 3. The van der Waals surface area contributed by atoms with Crippen molar-refractivity contribution in [1.29, 1.82) is 0 Å². The molecule has 0 radical (unpaired) electrons. The maximum Gasteiger partial charge on any atom is 0.317 e. The lowest BCUT2D eigenvalue weighted by Gasteiger charge is -2.31. The Kier molecular flexibility index (Phi) is 6.58. The van der Waals surface area contributed by atoms with Gasteiger partial charge in [0.2, 0.25) is 0 Å². The third kappa shape index (κ3) is 4.98. The normalized spacial score (nSPS) is 12.7. The highest BCUT2D eigenvalue weighted by Crippen LogP contribution is 2.37. The first-order valence-electron chi connectivity index (χ1n) is 10.7. The number of carbonyl (C=O) groups is 2. The van der Waals surface area contributed by atoms with Crippen LogP contribution in [-0.2, 0) is 30.7 Å². The Labute approximate surface area is 191 Å². The number of hydrogen-bond donors (Lipinski definition) is 2. The lowest BCUT2D eigenvalue weighted by atomic mass is 9.89. The number of fused-ring (bicyclic) bond motifs is 1. The van der Waals surface area contributed by atoms with Gasteiger partial charge in [-0.3, -0.25) is 4.79 Å². The van der Waals surface area contributed by atoms with Gasteiger partial charge < -0.3 is 20.1 Å². The molecule has 1 aliphatic rings. The number of methoxy groups -OCH3 is 1. The summed E-state index contributed by atoms with van der Waals surface area (Å²) in [7, 11) is 1.54. The van der Waals surface area contributed by atoms with E-state index in [0.29, 0.717) is 47.5 Å². The summed E-state index contributed by atoms with van der Waals surface area (Å²) in [6, 6.07) is 17.7. The molecule has 0 unspecified atom stereocenters. The van der Waals surface area contributed by atoms with Gasteiger partial charge in [0.1, 0.15) is 11.6 Å². The van der Waals surface area contributed by atoms with Crippen LogP contribution in [0.25, 0.3) is 11.1 Å². The quantitative estimate of drug-likeness (QED) is 0.586. The monoisotopic (exact) mass is 448 g/mol. The maximum atomic E-state index is 14.7. The molecule has 1 heterocycles. The summed E-state index contributed by atoms with van der Waals surface area (Å²) in [5.74, 6) is -0.684. The molecule has 0 saturated heterocycles. The SMILES string of the molecule is COc1ccc(CC(=O)O)cc1-c1ccc(F)c2c1CN(C(=O)NCc1ccccc1)CC2. The van der Waals surface area contributed by atoms with Crippen molar-refractivity contribution in [3.8, 4) is 16.9 Å². The van der Waals surface area contributed by atoms with E-state index in [1.165, 1.54) is 13.2 Å². The van der Waals surface area contributed by atoms with Crippen molar-refractivity contribution < 1.29 is 23.8 Å². The van der Waals surface area contributed by atoms with Crippen molar-refractivity contribution in [2.45, 2.75) is 25.9 Å². The number of nitrogens with one attached hydrogen (secondary N) is 1. The number of halogens is 1. The van der Waals surface area contributed by atoms with Crippen molar-refractivity contribution in [1.82, 2.24) is 10.2 Å². The zero-order valence-electron chi connectivity index (χ0n) is 18.3. The summed E-state index contributed by atoms with van der Waals surface area (Å²) in [6.45, 7) is 1.06. The summed E-state index contributed by atoms with van der Waals surface area (Å²) in [6.07, 6.45) is 0.263. The highest BCUT2D eigenvalue weighted by molar-refractivity contribution is 5.79. The van der Waals surface area contributed by atoms with Crippen LogP contribution in [-0.4, -0.2) is 35.7 Å². The number of urea groups is 1. The first kappa shape index (κ1) is 22.3. The van der Waals surface area contributed by atoms with Gasteiger partial charge in [0.15, 0.2) is 0 Å². The molecule has 0 spiro atoms. The van der Waals surface area contributed by atoms with Crippen LogP contribution in [0.15, 0.2) is 60.7 Å². The molecule has 0 saturated carbocycles. The molecule has 2 amide bonds. The molecule has 0 atom stereocenters. The van der Waals surface area contributed by atoms with E-state index in [4.69, 9.17) is 4.74 Å². The van der Waals surface area contributed by atoms with Crippen molar-refractivity contribution in [3.63, 3.8) is 0 Å². The number of nitrogens with zero attached hydrogens (tertiary/aromatic N) is 1. The Morgan fingerprint density at radius 2 is 1.82 bits per heavy atom. The fourth-order valence-electron chi connectivity index (χ4n) is 4.19. The molecule has 4 rings (SSSR count). The van der Waals surface area contributed by atoms with Crippen molar-refractivity contribution in [3.05, 3.63) is 88.7 Å². The van der Waals surface area contributed by atoms with Crippen LogP contribution < -0.4 is 10.1 Å². The molecule has 3 aromatic carbocycles. The summed E-state index contributed by atoms with van der Waals surface area (Å²) in [5, 5.41) is 12.1. The number of amides is 2. The molecule has 7 heteroatoms. The molecular weight excluding hydrogens is 423 g/mol. The highest BCUT2D eigenvalue weighted by Gasteiger charge is 2.26. The zero-order chi connectivity index (χ0) is 23.4. The van der Waals surface area contributed by atoms with Crippen LogP contribution in [0.3, 0.4) is 0 Å². The minimum absolute atomic E-state index is 0.131. The predicted octanol–water partition coefficient (Wildman–Crippen LogP) is 4.40. The fraction of sp³-hybridized carbons (Fsp3) is 0.231. The van der Waals surface area contributed by atoms with Crippen LogP contribution in [0.4, 0.5) is 9.18 Å². The molecule has 1 aliphatic heterocycles. The Morgan fingerprint density at radius 3 is 2.55 bits per heavy atom. The van der Waals surface area contributed by atoms with Crippen molar-refractivity contribution >= 4 is 12.0 Å².